The van der Waals surface area contributed by atoms with E-state index in [1.807, 2.05) is 25.1 Å². The third-order valence-corrected chi connectivity index (χ3v) is 3.49. The number of benzene rings is 1. The molecule has 0 fully saturated rings. The van der Waals surface area contributed by atoms with Crippen LogP contribution in [0.4, 0.5) is 0 Å². The van der Waals surface area contributed by atoms with E-state index in [0.29, 0.717) is 10.0 Å². The second kappa shape index (κ2) is 5.51. The van der Waals surface area contributed by atoms with Gasteiger partial charge in [0.05, 0.1) is 12.1 Å². The number of halogens is 1. The molecule has 0 saturated heterocycles. The summed E-state index contributed by atoms with van der Waals surface area (Å²) in [6, 6.07) is 5.57. The minimum atomic E-state index is 0.113. The predicted molar refractivity (Wildman–Crippen MR) is 72.4 cm³/mol. The fraction of sp³-hybridized carbons (Fsp3) is 0.417. The van der Waals surface area contributed by atoms with Crippen molar-refractivity contribution in [2.24, 2.45) is 11.7 Å². The van der Waals surface area contributed by atoms with Crippen LogP contribution < -0.4 is 10.5 Å². The molecule has 16 heavy (non-hydrogen) atoms. The van der Waals surface area contributed by atoms with Crippen LogP contribution in [-0.2, 0) is 0 Å². The van der Waals surface area contributed by atoms with Gasteiger partial charge < -0.3 is 10.5 Å². The van der Waals surface area contributed by atoms with Crippen LogP contribution in [0.2, 0.25) is 5.02 Å². The first-order chi connectivity index (χ1) is 7.47. The largest absolute Gasteiger partial charge is 0.496 e. The van der Waals surface area contributed by atoms with Gasteiger partial charge in [0, 0.05) is 10.9 Å². The molecule has 88 valence electrons. The van der Waals surface area contributed by atoms with Crippen LogP contribution >= 0.6 is 23.8 Å². The van der Waals surface area contributed by atoms with Crippen LogP contribution in [0.3, 0.4) is 0 Å². The van der Waals surface area contributed by atoms with Gasteiger partial charge in [-0.3, -0.25) is 0 Å². The topological polar surface area (TPSA) is 35.2 Å². The first kappa shape index (κ1) is 13.3. The molecule has 0 aliphatic carbocycles. The number of nitrogens with two attached hydrogens (primary N) is 1. The van der Waals surface area contributed by atoms with Gasteiger partial charge in [0.15, 0.2) is 0 Å². The Hall–Kier alpha value is -0.800. The van der Waals surface area contributed by atoms with Gasteiger partial charge in [0.25, 0.3) is 0 Å². The lowest BCUT2D eigenvalue weighted by atomic mass is 9.88. The summed E-state index contributed by atoms with van der Waals surface area (Å²) < 4.78 is 5.31. The van der Waals surface area contributed by atoms with E-state index in [1.165, 1.54) is 0 Å². The van der Waals surface area contributed by atoms with Gasteiger partial charge in [-0.25, -0.2) is 0 Å². The number of methoxy groups -OCH3 is 1. The SMILES string of the molecule is COc1ccc(Cl)cc1C(C)C(C)C(N)=S. The Kier molecular flexibility index (Phi) is 4.56. The molecule has 0 radical (unpaired) electrons. The van der Waals surface area contributed by atoms with Gasteiger partial charge in [-0.15, -0.1) is 0 Å². The minimum Gasteiger partial charge on any atom is -0.496 e. The second-order valence-electron chi connectivity index (χ2n) is 3.87. The van der Waals surface area contributed by atoms with Crippen molar-refractivity contribution in [2.75, 3.05) is 7.11 Å². The third-order valence-electron chi connectivity index (χ3n) is 2.88. The van der Waals surface area contributed by atoms with Crippen molar-refractivity contribution in [2.45, 2.75) is 19.8 Å². The molecule has 2 N–H and O–H groups in total. The lowest BCUT2D eigenvalue weighted by Gasteiger charge is -2.21. The zero-order valence-corrected chi connectivity index (χ0v) is 11.2. The number of hydrogen-bond donors (Lipinski definition) is 1. The zero-order valence-electron chi connectivity index (χ0n) is 9.66. The number of ether oxygens (including phenoxy) is 1. The highest BCUT2D eigenvalue weighted by Crippen LogP contribution is 2.33. The summed E-state index contributed by atoms with van der Waals surface area (Å²) in [7, 11) is 1.64. The lowest BCUT2D eigenvalue weighted by molar-refractivity contribution is 0.403. The van der Waals surface area contributed by atoms with Crippen molar-refractivity contribution in [3.63, 3.8) is 0 Å². The molecular weight excluding hydrogens is 242 g/mol. The molecule has 2 nitrogen and oxygen atoms in total. The first-order valence-electron chi connectivity index (χ1n) is 5.10. The highest BCUT2D eigenvalue weighted by atomic mass is 35.5. The first-order valence-corrected chi connectivity index (χ1v) is 5.88. The normalized spacial score (nSPS) is 14.2. The standard InChI is InChI=1S/C12H16ClNOS/c1-7(8(2)12(14)16)10-6-9(13)4-5-11(10)15-3/h4-8H,1-3H3,(H2,14,16). The maximum atomic E-state index is 5.98. The van der Waals surface area contributed by atoms with E-state index >= 15 is 0 Å². The number of thiocarbonyl (C=S) groups is 1. The quantitative estimate of drug-likeness (QED) is 0.840. The lowest BCUT2D eigenvalue weighted by Crippen LogP contribution is -2.23. The summed E-state index contributed by atoms with van der Waals surface area (Å²) >= 11 is 11.0. The van der Waals surface area contributed by atoms with Crippen LogP contribution in [0.1, 0.15) is 25.3 Å². The molecule has 0 aliphatic heterocycles. The van der Waals surface area contributed by atoms with Crippen molar-refractivity contribution in [3.8, 4) is 5.75 Å². The molecule has 0 amide bonds. The summed E-state index contributed by atoms with van der Waals surface area (Å²) in [6.07, 6.45) is 0. The highest BCUT2D eigenvalue weighted by Gasteiger charge is 2.20. The Morgan fingerprint density at radius 3 is 2.56 bits per heavy atom. The molecule has 2 atom stereocenters. The monoisotopic (exact) mass is 257 g/mol. The van der Waals surface area contributed by atoms with Gasteiger partial charge in [0.2, 0.25) is 0 Å². The van der Waals surface area contributed by atoms with E-state index in [1.54, 1.807) is 7.11 Å². The Bertz CT molecular complexity index is 395. The summed E-state index contributed by atoms with van der Waals surface area (Å²) in [5.74, 6) is 1.12. The Balaban J connectivity index is 3.10. The Morgan fingerprint density at radius 1 is 1.44 bits per heavy atom. The van der Waals surface area contributed by atoms with Gasteiger partial charge in [-0.2, -0.15) is 0 Å². The van der Waals surface area contributed by atoms with Crippen molar-refractivity contribution in [3.05, 3.63) is 28.8 Å². The summed E-state index contributed by atoms with van der Waals surface area (Å²) in [5.41, 5.74) is 6.70. The van der Waals surface area contributed by atoms with E-state index in [-0.39, 0.29) is 11.8 Å². The molecule has 1 aromatic rings. The van der Waals surface area contributed by atoms with Crippen molar-refractivity contribution in [1.29, 1.82) is 0 Å². The van der Waals surface area contributed by atoms with Crippen LogP contribution in [0.5, 0.6) is 5.75 Å². The fourth-order valence-corrected chi connectivity index (χ4v) is 1.96. The maximum Gasteiger partial charge on any atom is 0.122 e. The van der Waals surface area contributed by atoms with E-state index in [9.17, 15) is 0 Å². The zero-order chi connectivity index (χ0) is 12.3. The molecule has 0 aliphatic rings. The fourth-order valence-electron chi connectivity index (χ4n) is 1.58. The van der Waals surface area contributed by atoms with E-state index in [2.05, 4.69) is 6.92 Å². The maximum absolute atomic E-state index is 5.98. The minimum absolute atomic E-state index is 0.113. The van der Waals surface area contributed by atoms with Gasteiger partial charge in [0.1, 0.15) is 5.75 Å². The molecule has 0 bridgehead atoms. The van der Waals surface area contributed by atoms with E-state index < -0.39 is 0 Å². The highest BCUT2D eigenvalue weighted by molar-refractivity contribution is 7.80. The van der Waals surface area contributed by atoms with Crippen molar-refractivity contribution < 1.29 is 4.74 Å². The molecule has 0 heterocycles. The molecule has 0 spiro atoms. The van der Waals surface area contributed by atoms with Crippen molar-refractivity contribution in [1.82, 2.24) is 0 Å². The van der Waals surface area contributed by atoms with Crippen LogP contribution in [-0.4, -0.2) is 12.1 Å². The third kappa shape index (κ3) is 2.86. The predicted octanol–water partition coefficient (Wildman–Crippen LogP) is 3.37. The van der Waals surface area contributed by atoms with Gasteiger partial charge in [-0.05, 0) is 29.7 Å². The number of hydrogen-bond acceptors (Lipinski definition) is 2. The number of rotatable bonds is 4. The van der Waals surface area contributed by atoms with Crippen LogP contribution in [0, 0.1) is 5.92 Å². The Morgan fingerprint density at radius 2 is 2.06 bits per heavy atom. The van der Waals surface area contributed by atoms with Gasteiger partial charge in [-0.1, -0.05) is 37.7 Å². The van der Waals surface area contributed by atoms with Crippen molar-refractivity contribution >= 4 is 28.8 Å². The van der Waals surface area contributed by atoms with E-state index in [4.69, 9.17) is 34.3 Å². The summed E-state index contributed by atoms with van der Waals surface area (Å²) in [5, 5.41) is 0.692. The molecular formula is C12H16ClNOS. The molecule has 0 saturated carbocycles. The van der Waals surface area contributed by atoms with E-state index in [0.717, 1.165) is 11.3 Å². The summed E-state index contributed by atoms with van der Waals surface area (Å²) in [6.45, 7) is 4.07. The van der Waals surface area contributed by atoms with Gasteiger partial charge >= 0.3 is 0 Å². The Labute approximate surface area is 107 Å². The molecule has 0 aromatic heterocycles. The summed E-state index contributed by atoms with van der Waals surface area (Å²) in [4.78, 5) is 0.509. The average molecular weight is 258 g/mol. The molecule has 1 aromatic carbocycles. The molecule has 1 rings (SSSR count). The molecule has 2 unspecified atom stereocenters. The average Bonchev–Trinajstić information content (AvgIpc) is 2.26. The second-order valence-corrected chi connectivity index (χ2v) is 4.77. The van der Waals surface area contributed by atoms with Crippen LogP contribution in [0.15, 0.2) is 18.2 Å². The van der Waals surface area contributed by atoms with Crippen LogP contribution in [0.25, 0.3) is 0 Å². The molecule has 4 heteroatoms. The smallest absolute Gasteiger partial charge is 0.122 e.